The first-order valence-electron chi connectivity index (χ1n) is 9.10. The number of carbonyl (C=O) groups excluding carboxylic acids is 2. The third-order valence-corrected chi connectivity index (χ3v) is 6.18. The predicted molar refractivity (Wildman–Crippen MR) is 104 cm³/mol. The second-order valence-electron chi connectivity index (χ2n) is 6.85. The maximum Gasteiger partial charge on any atom is 0.416 e. The monoisotopic (exact) mass is 457 g/mol. The lowest BCUT2D eigenvalue weighted by Crippen LogP contribution is -2.38. The van der Waals surface area contributed by atoms with E-state index < -0.39 is 46.1 Å². The van der Waals surface area contributed by atoms with Crippen LogP contribution in [0.4, 0.5) is 24.7 Å². The van der Waals surface area contributed by atoms with Gasteiger partial charge in [0.2, 0.25) is 0 Å². The molecule has 0 saturated carbocycles. The van der Waals surface area contributed by atoms with Crippen LogP contribution in [0.3, 0.4) is 0 Å². The molecular formula is C19H18F3N3O5S. The SMILES string of the molecule is O=C(COC(=O)c1cccnc1Nc1cccc(C(F)(F)F)c1)N[C@H]1CCS(=O)(=O)C1. The van der Waals surface area contributed by atoms with Crippen LogP contribution < -0.4 is 10.6 Å². The minimum Gasteiger partial charge on any atom is -0.452 e. The summed E-state index contributed by atoms with van der Waals surface area (Å²) in [5.41, 5.74) is -0.901. The number of carbonyl (C=O) groups is 2. The third-order valence-electron chi connectivity index (χ3n) is 4.41. The Balaban J connectivity index is 1.63. The minimum atomic E-state index is -4.53. The molecule has 1 aromatic carbocycles. The standard InChI is InChI=1S/C19H18F3N3O5S/c20-19(21,22)12-3-1-4-13(9-12)25-17-15(5-2-7-23-17)18(27)30-10-16(26)24-14-6-8-31(28,29)11-14/h1-5,7,9,14H,6,8,10-11H2,(H,23,25)(H,24,26)/t14-/m0/s1. The van der Waals surface area contributed by atoms with Crippen molar-refractivity contribution in [1.82, 2.24) is 10.3 Å². The Hall–Kier alpha value is -3.15. The van der Waals surface area contributed by atoms with E-state index >= 15 is 0 Å². The molecule has 31 heavy (non-hydrogen) atoms. The molecule has 0 spiro atoms. The summed E-state index contributed by atoms with van der Waals surface area (Å²) in [5.74, 6) is -1.81. The highest BCUT2D eigenvalue weighted by Gasteiger charge is 2.31. The number of nitrogens with zero attached hydrogens (tertiary/aromatic N) is 1. The number of alkyl halides is 3. The van der Waals surface area contributed by atoms with Crippen molar-refractivity contribution < 1.29 is 35.9 Å². The average molecular weight is 457 g/mol. The van der Waals surface area contributed by atoms with Crippen LogP contribution in [-0.4, -0.2) is 49.4 Å². The van der Waals surface area contributed by atoms with Crippen molar-refractivity contribution in [3.05, 3.63) is 53.7 Å². The van der Waals surface area contributed by atoms with Crippen LogP contribution >= 0.6 is 0 Å². The van der Waals surface area contributed by atoms with Gasteiger partial charge in [0.25, 0.3) is 5.91 Å². The Morgan fingerprint density at radius 3 is 2.65 bits per heavy atom. The van der Waals surface area contributed by atoms with Crippen LogP contribution in [0.5, 0.6) is 0 Å². The predicted octanol–water partition coefficient (Wildman–Crippen LogP) is 2.30. The van der Waals surface area contributed by atoms with Crippen molar-refractivity contribution in [2.75, 3.05) is 23.4 Å². The van der Waals surface area contributed by atoms with Crippen LogP contribution in [0.25, 0.3) is 0 Å². The molecule has 1 aliphatic heterocycles. The molecule has 2 aromatic rings. The summed E-state index contributed by atoms with van der Waals surface area (Å²) < 4.78 is 66.5. The fourth-order valence-corrected chi connectivity index (χ4v) is 4.64. The van der Waals surface area contributed by atoms with E-state index in [9.17, 15) is 31.2 Å². The van der Waals surface area contributed by atoms with Crippen LogP contribution in [0.1, 0.15) is 22.3 Å². The van der Waals surface area contributed by atoms with Gasteiger partial charge in [-0.3, -0.25) is 4.79 Å². The van der Waals surface area contributed by atoms with Crippen LogP contribution in [-0.2, 0) is 25.5 Å². The summed E-state index contributed by atoms with van der Waals surface area (Å²) >= 11 is 0. The van der Waals surface area contributed by atoms with E-state index in [1.54, 1.807) is 0 Å². The zero-order valence-corrected chi connectivity index (χ0v) is 16.8. The van der Waals surface area contributed by atoms with E-state index in [4.69, 9.17) is 4.74 Å². The molecule has 1 aliphatic rings. The molecule has 1 fully saturated rings. The van der Waals surface area contributed by atoms with Crippen LogP contribution in [0.15, 0.2) is 42.6 Å². The summed E-state index contributed by atoms with van der Waals surface area (Å²) in [4.78, 5) is 28.3. The number of aromatic nitrogens is 1. The Bertz CT molecular complexity index is 1090. The number of amides is 1. The number of hydrogen-bond acceptors (Lipinski definition) is 7. The van der Waals surface area contributed by atoms with Gasteiger partial charge in [0.15, 0.2) is 16.4 Å². The van der Waals surface area contributed by atoms with Crippen molar-refractivity contribution in [3.63, 3.8) is 0 Å². The molecule has 2 heterocycles. The van der Waals surface area contributed by atoms with Crippen molar-refractivity contribution in [1.29, 1.82) is 0 Å². The molecule has 166 valence electrons. The van der Waals surface area contributed by atoms with Crippen molar-refractivity contribution >= 4 is 33.2 Å². The maximum absolute atomic E-state index is 12.9. The van der Waals surface area contributed by atoms with E-state index in [2.05, 4.69) is 15.6 Å². The number of pyridine rings is 1. The first-order chi connectivity index (χ1) is 14.5. The first-order valence-corrected chi connectivity index (χ1v) is 10.9. The smallest absolute Gasteiger partial charge is 0.416 e. The molecule has 0 bridgehead atoms. The summed E-state index contributed by atoms with van der Waals surface area (Å²) in [6, 6.07) is 6.60. The highest BCUT2D eigenvalue weighted by Crippen LogP contribution is 2.31. The van der Waals surface area contributed by atoms with Gasteiger partial charge in [-0.2, -0.15) is 13.2 Å². The molecule has 8 nitrogen and oxygen atoms in total. The largest absolute Gasteiger partial charge is 0.452 e. The van der Waals surface area contributed by atoms with Gasteiger partial charge in [0, 0.05) is 17.9 Å². The molecule has 0 radical (unpaired) electrons. The summed E-state index contributed by atoms with van der Waals surface area (Å²) in [5, 5.41) is 5.13. The van der Waals surface area contributed by atoms with Crippen molar-refractivity contribution in [2.24, 2.45) is 0 Å². The van der Waals surface area contributed by atoms with E-state index in [0.717, 1.165) is 12.1 Å². The molecule has 2 N–H and O–H groups in total. The second-order valence-corrected chi connectivity index (χ2v) is 9.08. The normalized spacial score (nSPS) is 17.7. The molecule has 0 unspecified atom stereocenters. The Labute approximate surface area is 175 Å². The zero-order valence-electron chi connectivity index (χ0n) is 16.0. The van der Waals surface area contributed by atoms with Crippen LogP contribution in [0.2, 0.25) is 0 Å². The number of rotatable bonds is 6. The molecule has 1 saturated heterocycles. The van der Waals surface area contributed by atoms with E-state index in [1.807, 2.05) is 0 Å². The number of halogens is 3. The topological polar surface area (TPSA) is 114 Å². The van der Waals surface area contributed by atoms with Gasteiger partial charge in [-0.1, -0.05) is 6.07 Å². The van der Waals surface area contributed by atoms with Gasteiger partial charge in [-0.05, 0) is 36.8 Å². The molecule has 1 aromatic heterocycles. The molecule has 0 aliphatic carbocycles. The van der Waals surface area contributed by atoms with E-state index in [-0.39, 0.29) is 35.0 Å². The van der Waals surface area contributed by atoms with Gasteiger partial charge < -0.3 is 15.4 Å². The number of ether oxygens (including phenoxy) is 1. The number of esters is 1. The Morgan fingerprint density at radius 1 is 1.19 bits per heavy atom. The lowest BCUT2D eigenvalue weighted by molar-refractivity contribution is -0.137. The quantitative estimate of drug-likeness (QED) is 0.640. The van der Waals surface area contributed by atoms with Gasteiger partial charge >= 0.3 is 12.1 Å². The fraction of sp³-hybridized carbons (Fsp3) is 0.316. The zero-order chi connectivity index (χ0) is 22.6. The number of hydrogen-bond donors (Lipinski definition) is 2. The minimum absolute atomic E-state index is 0.0159. The lowest BCUT2D eigenvalue weighted by Gasteiger charge is -2.13. The highest BCUT2D eigenvalue weighted by atomic mass is 32.2. The number of sulfone groups is 1. The van der Waals surface area contributed by atoms with E-state index in [0.29, 0.717) is 0 Å². The summed E-state index contributed by atoms with van der Waals surface area (Å²) in [7, 11) is -3.17. The molecule has 1 amide bonds. The summed E-state index contributed by atoms with van der Waals surface area (Å²) in [6.07, 6.45) is -2.91. The first kappa shape index (κ1) is 22.5. The maximum atomic E-state index is 12.9. The molecule has 3 rings (SSSR count). The van der Waals surface area contributed by atoms with Gasteiger partial charge in [0.1, 0.15) is 11.4 Å². The van der Waals surface area contributed by atoms with Crippen LogP contribution in [0, 0.1) is 0 Å². The molecule has 12 heteroatoms. The third kappa shape index (κ3) is 6.17. The van der Waals surface area contributed by atoms with E-state index in [1.165, 1.54) is 30.5 Å². The molecule has 1 atom stereocenters. The van der Waals surface area contributed by atoms with Gasteiger partial charge in [0.05, 0.1) is 17.1 Å². The number of benzene rings is 1. The Morgan fingerprint density at radius 2 is 1.97 bits per heavy atom. The van der Waals surface area contributed by atoms with Gasteiger partial charge in [-0.15, -0.1) is 0 Å². The van der Waals surface area contributed by atoms with Crippen molar-refractivity contribution in [3.8, 4) is 0 Å². The summed E-state index contributed by atoms with van der Waals surface area (Å²) in [6.45, 7) is -0.646. The highest BCUT2D eigenvalue weighted by molar-refractivity contribution is 7.91. The second kappa shape index (κ2) is 8.92. The Kier molecular flexibility index (Phi) is 6.48. The van der Waals surface area contributed by atoms with Crippen molar-refractivity contribution in [2.45, 2.75) is 18.6 Å². The fourth-order valence-electron chi connectivity index (χ4n) is 2.97. The van der Waals surface area contributed by atoms with Gasteiger partial charge in [-0.25, -0.2) is 18.2 Å². The average Bonchev–Trinajstić information content (AvgIpc) is 3.04. The number of anilines is 2. The number of nitrogens with one attached hydrogen (secondary N) is 2. The molecular weight excluding hydrogens is 439 g/mol. The lowest BCUT2D eigenvalue weighted by atomic mass is 10.2.